The van der Waals surface area contributed by atoms with Gasteiger partial charge in [0.2, 0.25) is 5.91 Å². The lowest BCUT2D eigenvalue weighted by Gasteiger charge is -2.19. The number of nitrogens with zero attached hydrogens (tertiary/aromatic N) is 3. The molecule has 0 radical (unpaired) electrons. The van der Waals surface area contributed by atoms with Crippen LogP contribution in [0.4, 0.5) is 0 Å². The Morgan fingerprint density at radius 2 is 1.83 bits per heavy atom. The normalized spacial score (nSPS) is 17.9. The molecule has 1 N–H and O–H groups in total. The van der Waals surface area contributed by atoms with Crippen LogP contribution in [0.25, 0.3) is 33.4 Å². The molecule has 6 heteroatoms. The molecule has 1 saturated heterocycles. The molecular formula is C29H30N4O2. The molecule has 4 aromatic rings. The van der Waals surface area contributed by atoms with Gasteiger partial charge in [-0.15, -0.1) is 0 Å². The third kappa shape index (κ3) is 4.18. The Morgan fingerprint density at radius 1 is 1.03 bits per heavy atom. The first kappa shape index (κ1) is 21.8. The molecule has 1 atom stereocenters. The van der Waals surface area contributed by atoms with Crippen LogP contribution in [0.3, 0.4) is 0 Å². The van der Waals surface area contributed by atoms with E-state index in [4.69, 9.17) is 4.98 Å². The van der Waals surface area contributed by atoms with Gasteiger partial charge in [0.15, 0.2) is 0 Å². The summed E-state index contributed by atoms with van der Waals surface area (Å²) < 4.78 is 1.82. The SMILES string of the molecule is Cc1cc(=O)n(CC2CCN(C(=O)C3CC3)C2)c(-c2ccc(-c3ccc4[nH]ccc4c3)cc2C)n1. The molecule has 0 spiro atoms. The Morgan fingerprint density at radius 3 is 2.63 bits per heavy atom. The Balaban J connectivity index is 1.31. The largest absolute Gasteiger partial charge is 0.361 e. The fraction of sp³-hybridized carbons (Fsp3) is 0.345. The summed E-state index contributed by atoms with van der Waals surface area (Å²) in [6, 6.07) is 16.5. The molecule has 1 aliphatic carbocycles. The summed E-state index contributed by atoms with van der Waals surface area (Å²) in [5.74, 6) is 1.52. The van der Waals surface area contributed by atoms with E-state index >= 15 is 0 Å². The van der Waals surface area contributed by atoms with Gasteiger partial charge in [-0.2, -0.15) is 0 Å². The van der Waals surface area contributed by atoms with E-state index < -0.39 is 0 Å². The molecule has 2 aromatic heterocycles. The monoisotopic (exact) mass is 466 g/mol. The summed E-state index contributed by atoms with van der Waals surface area (Å²) in [5, 5.41) is 1.18. The van der Waals surface area contributed by atoms with Crippen molar-refractivity contribution in [3.63, 3.8) is 0 Å². The predicted octanol–water partition coefficient (Wildman–Crippen LogP) is 4.93. The average Bonchev–Trinajstić information content (AvgIpc) is 3.40. The molecule has 2 fully saturated rings. The molecule has 1 saturated carbocycles. The van der Waals surface area contributed by atoms with Gasteiger partial charge in [-0.3, -0.25) is 14.2 Å². The van der Waals surface area contributed by atoms with E-state index in [2.05, 4.69) is 54.4 Å². The predicted molar refractivity (Wildman–Crippen MR) is 138 cm³/mol. The van der Waals surface area contributed by atoms with E-state index in [0.29, 0.717) is 18.3 Å². The number of carbonyl (C=O) groups excluding carboxylic acids is 1. The number of nitrogens with one attached hydrogen (secondary N) is 1. The van der Waals surface area contributed by atoms with Crippen molar-refractivity contribution in [2.75, 3.05) is 13.1 Å². The van der Waals surface area contributed by atoms with Crippen LogP contribution in [0.15, 0.2) is 59.5 Å². The summed E-state index contributed by atoms with van der Waals surface area (Å²) in [6.07, 6.45) is 4.94. The lowest BCUT2D eigenvalue weighted by molar-refractivity contribution is -0.131. The van der Waals surface area contributed by atoms with Crippen molar-refractivity contribution >= 4 is 16.8 Å². The average molecular weight is 467 g/mol. The number of aromatic amines is 1. The third-order valence-electron chi connectivity index (χ3n) is 7.46. The van der Waals surface area contributed by atoms with E-state index in [9.17, 15) is 9.59 Å². The fourth-order valence-corrected chi connectivity index (χ4v) is 5.36. The van der Waals surface area contributed by atoms with Crippen LogP contribution in [-0.2, 0) is 11.3 Å². The maximum Gasteiger partial charge on any atom is 0.253 e. The maximum absolute atomic E-state index is 13.1. The van der Waals surface area contributed by atoms with Gasteiger partial charge < -0.3 is 9.88 Å². The van der Waals surface area contributed by atoms with Crippen molar-refractivity contribution in [1.82, 2.24) is 19.4 Å². The number of amides is 1. The van der Waals surface area contributed by atoms with Crippen LogP contribution in [0.1, 0.15) is 30.5 Å². The van der Waals surface area contributed by atoms with Crippen LogP contribution in [0, 0.1) is 25.7 Å². The fourth-order valence-electron chi connectivity index (χ4n) is 5.36. The van der Waals surface area contributed by atoms with E-state index in [1.807, 2.05) is 22.6 Å². The number of carbonyl (C=O) groups is 1. The Bertz CT molecular complexity index is 1490. The van der Waals surface area contributed by atoms with Crippen LogP contribution >= 0.6 is 0 Å². The summed E-state index contributed by atoms with van der Waals surface area (Å²) in [5.41, 5.74) is 6.18. The number of fused-ring (bicyclic) bond motifs is 1. The van der Waals surface area contributed by atoms with Crippen LogP contribution in [0.5, 0.6) is 0 Å². The first-order valence-corrected chi connectivity index (χ1v) is 12.5. The van der Waals surface area contributed by atoms with Gasteiger partial charge in [-0.05, 0) is 79.3 Å². The molecule has 0 bridgehead atoms. The van der Waals surface area contributed by atoms with E-state index in [0.717, 1.165) is 65.8 Å². The molecule has 1 aliphatic heterocycles. The second-order valence-corrected chi connectivity index (χ2v) is 10.2. The summed E-state index contributed by atoms with van der Waals surface area (Å²) in [7, 11) is 0. The van der Waals surface area contributed by atoms with Crippen molar-refractivity contribution in [1.29, 1.82) is 0 Å². The highest BCUT2D eigenvalue weighted by Gasteiger charge is 2.36. The van der Waals surface area contributed by atoms with Gasteiger partial charge >= 0.3 is 0 Å². The zero-order chi connectivity index (χ0) is 24.1. The quantitative estimate of drug-likeness (QED) is 0.453. The zero-order valence-corrected chi connectivity index (χ0v) is 20.3. The summed E-state index contributed by atoms with van der Waals surface area (Å²) in [6.45, 7) is 6.06. The van der Waals surface area contributed by atoms with Crippen molar-refractivity contribution in [2.24, 2.45) is 11.8 Å². The first-order chi connectivity index (χ1) is 17.0. The first-order valence-electron chi connectivity index (χ1n) is 12.5. The summed E-state index contributed by atoms with van der Waals surface area (Å²) in [4.78, 5) is 35.6. The maximum atomic E-state index is 13.1. The third-order valence-corrected chi connectivity index (χ3v) is 7.46. The van der Waals surface area contributed by atoms with Gasteiger partial charge in [0.05, 0.1) is 0 Å². The zero-order valence-electron chi connectivity index (χ0n) is 20.3. The number of hydrogen-bond donors (Lipinski definition) is 1. The molecular weight excluding hydrogens is 436 g/mol. The number of hydrogen-bond acceptors (Lipinski definition) is 3. The van der Waals surface area contributed by atoms with Gasteiger partial charge in [0, 0.05) is 54.6 Å². The smallest absolute Gasteiger partial charge is 0.253 e. The van der Waals surface area contributed by atoms with Crippen LogP contribution in [0.2, 0.25) is 0 Å². The molecule has 2 aromatic carbocycles. The second-order valence-electron chi connectivity index (χ2n) is 10.2. The van der Waals surface area contributed by atoms with E-state index in [1.165, 1.54) is 5.39 Å². The van der Waals surface area contributed by atoms with Gasteiger partial charge in [-0.1, -0.05) is 24.3 Å². The topological polar surface area (TPSA) is 71.0 Å². The minimum Gasteiger partial charge on any atom is -0.361 e. The van der Waals surface area contributed by atoms with Crippen LogP contribution < -0.4 is 5.56 Å². The number of aromatic nitrogens is 3. The Kier molecular flexibility index (Phi) is 5.32. The highest BCUT2D eigenvalue weighted by molar-refractivity contribution is 5.85. The minimum absolute atomic E-state index is 0.0270. The Labute approximate surface area is 204 Å². The molecule has 6 rings (SSSR count). The van der Waals surface area contributed by atoms with Gasteiger partial charge in [0.1, 0.15) is 5.82 Å². The van der Waals surface area contributed by atoms with Gasteiger partial charge in [-0.25, -0.2) is 4.98 Å². The van der Waals surface area contributed by atoms with Crippen LogP contribution in [-0.4, -0.2) is 38.4 Å². The van der Waals surface area contributed by atoms with Crippen molar-refractivity contribution in [2.45, 2.75) is 39.7 Å². The molecule has 1 amide bonds. The van der Waals surface area contributed by atoms with Crippen molar-refractivity contribution in [3.8, 4) is 22.5 Å². The number of H-pyrrole nitrogens is 1. The second kappa shape index (κ2) is 8.52. The number of aryl methyl sites for hydroxylation is 2. The number of likely N-dealkylation sites (tertiary alicyclic amines) is 1. The molecule has 6 nitrogen and oxygen atoms in total. The lowest BCUT2D eigenvalue weighted by Crippen LogP contribution is -2.32. The van der Waals surface area contributed by atoms with Crippen molar-refractivity contribution < 1.29 is 4.79 Å². The standard InChI is InChI=1S/C29H30N4O2/c1-18-13-22(23-6-8-26-24(15-23)9-11-30-26)5-7-25(18)28-31-19(2)14-27(34)33(28)17-20-10-12-32(16-20)29(35)21-3-4-21/h5-9,11,13-15,20-21,30H,3-4,10,12,16-17H2,1-2H3. The molecule has 178 valence electrons. The molecule has 35 heavy (non-hydrogen) atoms. The molecule has 1 unspecified atom stereocenters. The Hall–Kier alpha value is -3.67. The van der Waals surface area contributed by atoms with E-state index in [-0.39, 0.29) is 17.4 Å². The minimum atomic E-state index is -0.0270. The highest BCUT2D eigenvalue weighted by Crippen LogP contribution is 2.34. The highest BCUT2D eigenvalue weighted by atomic mass is 16.2. The van der Waals surface area contributed by atoms with Crippen molar-refractivity contribution in [3.05, 3.63) is 76.3 Å². The van der Waals surface area contributed by atoms with E-state index in [1.54, 1.807) is 6.07 Å². The summed E-state index contributed by atoms with van der Waals surface area (Å²) >= 11 is 0. The number of benzene rings is 2. The molecule has 3 heterocycles. The lowest BCUT2D eigenvalue weighted by atomic mass is 9.98. The van der Waals surface area contributed by atoms with Gasteiger partial charge in [0.25, 0.3) is 5.56 Å². The molecule has 2 aliphatic rings. The number of rotatable bonds is 5.